The number of hydrogen-bond acceptors (Lipinski definition) is 4. The number of aliphatic hydroxyl groups excluding tert-OH is 1. The molecule has 0 aliphatic rings. The maximum atomic E-state index is 9.37. The van der Waals surface area contributed by atoms with E-state index in [4.69, 9.17) is 14.6 Å². The number of benzene rings is 1. The molecule has 23 heavy (non-hydrogen) atoms. The molecule has 0 bridgehead atoms. The van der Waals surface area contributed by atoms with Crippen LogP contribution in [0.25, 0.3) is 5.52 Å². The molecule has 0 atom stereocenters. The molecule has 5 heteroatoms. The molecule has 2 heterocycles. The zero-order chi connectivity index (χ0) is 16.1. The molecule has 1 aromatic carbocycles. The summed E-state index contributed by atoms with van der Waals surface area (Å²) < 4.78 is 13.0. The number of rotatable bonds is 6. The second-order valence-electron chi connectivity index (χ2n) is 4.97. The first kappa shape index (κ1) is 14.9. The number of pyridine rings is 1. The highest BCUT2D eigenvalue weighted by atomic mass is 16.5. The summed E-state index contributed by atoms with van der Waals surface area (Å²) in [5.74, 6) is 1.37. The van der Waals surface area contributed by atoms with E-state index in [1.54, 1.807) is 24.3 Å². The number of aliphatic hydroxyl groups is 1. The Morgan fingerprint density at radius 2 is 1.78 bits per heavy atom. The van der Waals surface area contributed by atoms with Crippen molar-refractivity contribution in [2.24, 2.45) is 0 Å². The molecule has 1 N–H and O–H groups in total. The van der Waals surface area contributed by atoms with Crippen molar-refractivity contribution in [3.05, 3.63) is 66.0 Å². The van der Waals surface area contributed by atoms with Gasteiger partial charge in [0.1, 0.15) is 30.8 Å². The molecule has 0 radical (unpaired) electrons. The van der Waals surface area contributed by atoms with Gasteiger partial charge >= 0.3 is 0 Å². The van der Waals surface area contributed by atoms with Crippen molar-refractivity contribution in [3.63, 3.8) is 0 Å². The fourth-order valence-corrected chi connectivity index (χ4v) is 2.37. The van der Waals surface area contributed by atoms with Crippen molar-refractivity contribution in [1.82, 2.24) is 4.40 Å². The van der Waals surface area contributed by atoms with Crippen molar-refractivity contribution in [2.45, 2.75) is 6.61 Å². The molecule has 0 spiro atoms. The van der Waals surface area contributed by atoms with Crippen molar-refractivity contribution >= 4 is 5.52 Å². The molecule has 0 amide bonds. The molecule has 3 aromatic rings. The van der Waals surface area contributed by atoms with E-state index in [-0.39, 0.29) is 13.2 Å². The van der Waals surface area contributed by atoms with Crippen LogP contribution in [0.4, 0.5) is 0 Å². The average Bonchev–Trinajstić information content (AvgIpc) is 2.96. The normalized spacial score (nSPS) is 10.4. The van der Waals surface area contributed by atoms with Crippen molar-refractivity contribution in [2.75, 3.05) is 13.2 Å². The topological polar surface area (TPSA) is 66.9 Å². The van der Waals surface area contributed by atoms with Crippen LogP contribution < -0.4 is 9.47 Å². The van der Waals surface area contributed by atoms with Crippen molar-refractivity contribution < 1.29 is 14.6 Å². The Balaban J connectivity index is 1.72. The number of ether oxygens (including phenoxy) is 2. The van der Waals surface area contributed by atoms with Crippen molar-refractivity contribution in [3.8, 4) is 17.6 Å². The van der Waals surface area contributed by atoms with Crippen LogP contribution in [0.2, 0.25) is 0 Å². The fraction of sp³-hybridized carbons (Fsp3) is 0.167. The standard InChI is InChI=1S/C18H16N2O3/c19-11-17-14(12-20-8-2-1-3-18(17)20)13-23-16-6-4-15(5-7-16)22-10-9-21/h1-8,12,21H,9-10,13H2. The Kier molecular flexibility index (Phi) is 4.46. The van der Waals surface area contributed by atoms with Gasteiger partial charge in [-0.25, -0.2) is 0 Å². The van der Waals surface area contributed by atoms with Crippen molar-refractivity contribution in [1.29, 1.82) is 5.26 Å². The quantitative estimate of drug-likeness (QED) is 0.760. The summed E-state index contributed by atoms with van der Waals surface area (Å²) in [5, 5.41) is 18.1. The highest BCUT2D eigenvalue weighted by molar-refractivity contribution is 5.65. The van der Waals surface area contributed by atoms with Crippen LogP contribution in [0.15, 0.2) is 54.9 Å². The van der Waals surface area contributed by atoms with Gasteiger partial charge in [0.2, 0.25) is 0 Å². The van der Waals surface area contributed by atoms with Gasteiger partial charge in [-0.05, 0) is 36.4 Å². The van der Waals surface area contributed by atoms with E-state index in [9.17, 15) is 5.26 Å². The lowest BCUT2D eigenvalue weighted by molar-refractivity contribution is 0.201. The summed E-state index contributed by atoms with van der Waals surface area (Å²) in [6.45, 7) is 0.571. The van der Waals surface area contributed by atoms with Gasteiger partial charge in [-0.3, -0.25) is 0 Å². The van der Waals surface area contributed by atoms with Crippen LogP contribution in [0, 0.1) is 11.3 Å². The van der Waals surface area contributed by atoms with Gasteiger partial charge in [-0.1, -0.05) is 6.07 Å². The van der Waals surface area contributed by atoms with E-state index in [1.807, 2.05) is 35.0 Å². The third-order valence-corrected chi connectivity index (χ3v) is 3.45. The monoisotopic (exact) mass is 308 g/mol. The van der Waals surface area contributed by atoms with Crippen LogP contribution in [0.5, 0.6) is 11.5 Å². The second-order valence-corrected chi connectivity index (χ2v) is 4.97. The molecule has 3 rings (SSSR count). The third kappa shape index (κ3) is 3.28. The molecule has 2 aromatic heterocycles. The molecular formula is C18H16N2O3. The van der Waals surface area contributed by atoms with Gasteiger partial charge in [0, 0.05) is 18.0 Å². The summed E-state index contributed by atoms with van der Waals surface area (Å²) in [6, 6.07) is 15.2. The summed E-state index contributed by atoms with van der Waals surface area (Å²) in [6.07, 6.45) is 3.82. The van der Waals surface area contributed by atoms with E-state index >= 15 is 0 Å². The number of fused-ring (bicyclic) bond motifs is 1. The smallest absolute Gasteiger partial charge is 0.120 e. The highest BCUT2D eigenvalue weighted by Crippen LogP contribution is 2.22. The Labute approximate surface area is 133 Å². The van der Waals surface area contributed by atoms with E-state index in [0.717, 1.165) is 11.1 Å². The van der Waals surface area contributed by atoms with Gasteiger partial charge in [0.05, 0.1) is 17.7 Å². The molecular weight excluding hydrogens is 292 g/mol. The zero-order valence-corrected chi connectivity index (χ0v) is 12.5. The maximum absolute atomic E-state index is 9.37. The highest BCUT2D eigenvalue weighted by Gasteiger charge is 2.10. The van der Waals surface area contributed by atoms with Crippen LogP contribution in [-0.2, 0) is 6.61 Å². The summed E-state index contributed by atoms with van der Waals surface area (Å²) in [5.41, 5.74) is 2.36. The largest absolute Gasteiger partial charge is 0.491 e. The van der Waals surface area contributed by atoms with Crippen LogP contribution in [0.3, 0.4) is 0 Å². The van der Waals surface area contributed by atoms with Gasteiger partial charge in [0.25, 0.3) is 0 Å². The van der Waals surface area contributed by atoms with E-state index < -0.39 is 0 Å². The van der Waals surface area contributed by atoms with Crippen LogP contribution in [-0.4, -0.2) is 22.7 Å². The lowest BCUT2D eigenvalue weighted by Crippen LogP contribution is -2.01. The Bertz CT molecular complexity index is 832. The molecule has 5 nitrogen and oxygen atoms in total. The molecule has 0 aliphatic heterocycles. The molecule has 0 saturated heterocycles. The minimum Gasteiger partial charge on any atom is -0.491 e. The predicted molar refractivity (Wildman–Crippen MR) is 85.5 cm³/mol. The van der Waals surface area contributed by atoms with Gasteiger partial charge in [0.15, 0.2) is 0 Å². The zero-order valence-electron chi connectivity index (χ0n) is 12.5. The summed E-state index contributed by atoms with van der Waals surface area (Å²) in [4.78, 5) is 0. The first-order valence-corrected chi connectivity index (χ1v) is 7.27. The lowest BCUT2D eigenvalue weighted by Gasteiger charge is -2.07. The van der Waals surface area contributed by atoms with Crippen LogP contribution in [0.1, 0.15) is 11.1 Å². The Morgan fingerprint density at radius 3 is 2.48 bits per heavy atom. The number of aromatic nitrogens is 1. The second kappa shape index (κ2) is 6.86. The Morgan fingerprint density at radius 1 is 1.04 bits per heavy atom. The predicted octanol–water partition coefficient (Wildman–Crippen LogP) is 2.76. The molecule has 0 fully saturated rings. The third-order valence-electron chi connectivity index (χ3n) is 3.45. The fourth-order valence-electron chi connectivity index (χ4n) is 2.37. The molecule has 116 valence electrons. The molecule has 0 unspecified atom stereocenters. The SMILES string of the molecule is N#Cc1c(COc2ccc(OCCO)cc2)cn2ccccc12. The number of nitrogens with zero attached hydrogens (tertiary/aromatic N) is 2. The van der Waals surface area contributed by atoms with Gasteiger partial charge in [-0.15, -0.1) is 0 Å². The average molecular weight is 308 g/mol. The molecule has 0 saturated carbocycles. The minimum absolute atomic E-state index is 0.0165. The maximum Gasteiger partial charge on any atom is 0.120 e. The first-order valence-electron chi connectivity index (χ1n) is 7.27. The van der Waals surface area contributed by atoms with Gasteiger partial charge < -0.3 is 19.0 Å². The van der Waals surface area contributed by atoms with Gasteiger partial charge in [-0.2, -0.15) is 5.26 Å². The van der Waals surface area contributed by atoms with E-state index in [1.165, 1.54) is 0 Å². The first-order chi connectivity index (χ1) is 11.3. The number of nitriles is 1. The summed E-state index contributed by atoms with van der Waals surface area (Å²) >= 11 is 0. The lowest BCUT2D eigenvalue weighted by atomic mass is 10.2. The number of hydrogen-bond donors (Lipinski definition) is 1. The van der Waals surface area contributed by atoms with E-state index in [2.05, 4.69) is 6.07 Å². The Hall–Kier alpha value is -2.97. The van der Waals surface area contributed by atoms with Crippen LogP contribution >= 0.6 is 0 Å². The summed E-state index contributed by atoms with van der Waals surface area (Å²) in [7, 11) is 0. The molecule has 0 aliphatic carbocycles. The van der Waals surface area contributed by atoms with E-state index in [0.29, 0.717) is 23.7 Å². The minimum atomic E-state index is -0.0165.